The van der Waals surface area contributed by atoms with Crippen LogP contribution in [0.1, 0.15) is 23.2 Å². The van der Waals surface area contributed by atoms with Crippen LogP contribution in [0.4, 0.5) is 0 Å². The second-order valence-corrected chi connectivity index (χ2v) is 7.69. The average Bonchev–Trinajstić information content (AvgIpc) is 3.29. The van der Waals surface area contributed by atoms with Crippen LogP contribution in [-0.4, -0.2) is 46.3 Å². The second kappa shape index (κ2) is 6.50. The van der Waals surface area contributed by atoms with Crippen LogP contribution in [0, 0.1) is 0 Å². The topological polar surface area (TPSA) is 65.4 Å². The lowest BCUT2D eigenvalue weighted by molar-refractivity contribution is -0.0339. The van der Waals surface area contributed by atoms with E-state index in [4.69, 9.17) is 9.47 Å². The van der Waals surface area contributed by atoms with E-state index in [0.29, 0.717) is 18.8 Å². The minimum Gasteiger partial charge on any atom is -0.459 e. The van der Waals surface area contributed by atoms with Crippen molar-refractivity contribution in [3.8, 4) is 5.00 Å². The lowest BCUT2D eigenvalue weighted by Gasteiger charge is -2.39. The van der Waals surface area contributed by atoms with Crippen LogP contribution in [-0.2, 0) is 9.47 Å². The molecule has 7 heteroatoms. The van der Waals surface area contributed by atoms with Crippen molar-refractivity contribution < 1.29 is 14.3 Å². The molecule has 2 aliphatic rings. The van der Waals surface area contributed by atoms with Crippen molar-refractivity contribution >= 4 is 28.4 Å². The zero-order valence-electron chi connectivity index (χ0n) is 14.1. The number of hydrogen-bond acceptors (Lipinski definition) is 6. The van der Waals surface area contributed by atoms with Crippen molar-refractivity contribution in [3.63, 3.8) is 0 Å². The van der Waals surface area contributed by atoms with Crippen LogP contribution in [0.3, 0.4) is 0 Å². The molecule has 0 amide bonds. The summed E-state index contributed by atoms with van der Waals surface area (Å²) < 4.78 is 17.6. The fourth-order valence-electron chi connectivity index (χ4n) is 3.95. The molecule has 2 saturated heterocycles. The summed E-state index contributed by atoms with van der Waals surface area (Å²) in [6.07, 6.45) is 5.17. The smallest absolute Gasteiger partial charge is 0.340 e. The molecule has 2 fully saturated rings. The number of fused-ring (bicyclic) bond motifs is 3. The van der Waals surface area contributed by atoms with Crippen molar-refractivity contribution in [2.45, 2.75) is 31.0 Å². The number of nitrogens with one attached hydrogen (secondary N) is 1. The maximum Gasteiger partial charge on any atom is 0.340 e. The van der Waals surface area contributed by atoms with Crippen LogP contribution >= 0.6 is 11.5 Å². The van der Waals surface area contributed by atoms with Gasteiger partial charge in [-0.3, -0.25) is 0 Å². The lowest BCUT2D eigenvalue weighted by atomic mass is 9.94. The highest BCUT2D eigenvalue weighted by Crippen LogP contribution is 2.28. The highest BCUT2D eigenvalue weighted by Gasteiger charge is 2.34. The summed E-state index contributed by atoms with van der Waals surface area (Å²) in [6.45, 7) is 1.38. The maximum absolute atomic E-state index is 12.9. The molecule has 4 heterocycles. The van der Waals surface area contributed by atoms with Crippen molar-refractivity contribution in [3.05, 3.63) is 48.3 Å². The van der Waals surface area contributed by atoms with Gasteiger partial charge in [-0.25, -0.2) is 4.79 Å². The number of nitrogens with zero attached hydrogens (tertiary/aromatic N) is 2. The van der Waals surface area contributed by atoms with E-state index in [0.717, 1.165) is 28.7 Å². The fraction of sp³-hybridized carbons (Fsp3) is 0.368. The molecule has 0 radical (unpaired) electrons. The Bertz CT molecular complexity index is 925. The number of piperidine rings is 1. The molecule has 2 bridgehead atoms. The highest BCUT2D eigenvalue weighted by molar-refractivity contribution is 7.08. The monoisotopic (exact) mass is 369 g/mol. The largest absolute Gasteiger partial charge is 0.459 e. The van der Waals surface area contributed by atoms with Gasteiger partial charge in [0.2, 0.25) is 0 Å². The summed E-state index contributed by atoms with van der Waals surface area (Å²) in [7, 11) is 0. The summed E-state index contributed by atoms with van der Waals surface area (Å²) in [4.78, 5) is 12.9. The Morgan fingerprint density at radius 3 is 2.81 bits per heavy atom. The lowest BCUT2D eigenvalue weighted by Crippen LogP contribution is -2.56. The van der Waals surface area contributed by atoms with Gasteiger partial charge in [0.15, 0.2) is 0 Å². The van der Waals surface area contributed by atoms with Gasteiger partial charge in [0.05, 0.1) is 24.3 Å². The van der Waals surface area contributed by atoms with Crippen molar-refractivity contribution in [1.29, 1.82) is 0 Å². The van der Waals surface area contributed by atoms with Crippen molar-refractivity contribution in [2.75, 3.05) is 13.2 Å². The number of carbonyl (C=O) groups is 1. The third-order valence-corrected chi connectivity index (χ3v) is 5.82. The van der Waals surface area contributed by atoms with Gasteiger partial charge in [0.25, 0.3) is 0 Å². The molecule has 134 valence electrons. The zero-order chi connectivity index (χ0) is 17.5. The van der Waals surface area contributed by atoms with E-state index in [-0.39, 0.29) is 24.2 Å². The summed E-state index contributed by atoms with van der Waals surface area (Å²) in [5.74, 6) is -0.254. The Morgan fingerprint density at radius 1 is 1.23 bits per heavy atom. The molecule has 0 unspecified atom stereocenters. The SMILES string of the molecule is O=C(O[C@H]1C[C@H]2COC[C@@H](C1)N2)c1cn(-c2ccns2)c2ccccc12. The molecule has 3 aromatic rings. The first kappa shape index (κ1) is 16.0. The number of para-hydroxylation sites is 1. The van der Waals surface area contributed by atoms with Crippen LogP contribution in [0.25, 0.3) is 15.9 Å². The molecule has 0 aliphatic carbocycles. The van der Waals surface area contributed by atoms with E-state index in [1.54, 1.807) is 6.20 Å². The molecule has 1 N–H and O–H groups in total. The Morgan fingerprint density at radius 2 is 2.04 bits per heavy atom. The van der Waals surface area contributed by atoms with Gasteiger partial charge in [-0.05, 0) is 23.7 Å². The minimum absolute atomic E-state index is 0.0619. The molecule has 2 aromatic heterocycles. The van der Waals surface area contributed by atoms with Crippen LogP contribution in [0.2, 0.25) is 0 Å². The molecule has 26 heavy (non-hydrogen) atoms. The number of aromatic nitrogens is 2. The fourth-order valence-corrected chi connectivity index (χ4v) is 4.54. The van der Waals surface area contributed by atoms with E-state index in [9.17, 15) is 4.79 Å². The number of morpholine rings is 1. The predicted octanol–water partition coefficient (Wildman–Crippen LogP) is 2.76. The Labute approximate surface area is 154 Å². The number of hydrogen-bond donors (Lipinski definition) is 1. The molecule has 0 saturated carbocycles. The second-order valence-electron chi connectivity index (χ2n) is 6.88. The normalized spacial score (nSPS) is 25.3. The van der Waals surface area contributed by atoms with Crippen molar-refractivity contribution in [2.24, 2.45) is 0 Å². The molecule has 1 aromatic carbocycles. The van der Waals surface area contributed by atoms with Gasteiger partial charge in [-0.15, -0.1) is 0 Å². The van der Waals surface area contributed by atoms with Gasteiger partial charge in [-0.1, -0.05) is 18.2 Å². The first-order valence-corrected chi connectivity index (χ1v) is 9.61. The Hall–Kier alpha value is -2.22. The molecule has 6 nitrogen and oxygen atoms in total. The van der Waals surface area contributed by atoms with Crippen LogP contribution < -0.4 is 5.32 Å². The van der Waals surface area contributed by atoms with E-state index < -0.39 is 0 Å². The van der Waals surface area contributed by atoms with Gasteiger partial charge >= 0.3 is 5.97 Å². The molecule has 3 atom stereocenters. The molecule has 0 spiro atoms. The average molecular weight is 369 g/mol. The standard InChI is InChI=1S/C19H19N3O3S/c23-19(25-14-7-12-10-24-11-13(8-14)21-12)16-9-22(18-5-6-20-26-18)17-4-2-1-3-15(16)17/h1-6,9,12-14,21H,7-8,10-11H2/t12-,13+,14-. The number of ether oxygens (including phenoxy) is 2. The Balaban J connectivity index is 1.44. The third kappa shape index (κ3) is 2.82. The van der Waals surface area contributed by atoms with E-state index >= 15 is 0 Å². The van der Waals surface area contributed by atoms with Crippen LogP contribution in [0.15, 0.2) is 42.7 Å². The number of carbonyl (C=O) groups excluding carboxylic acids is 1. The van der Waals surface area contributed by atoms with E-state index in [2.05, 4.69) is 9.69 Å². The van der Waals surface area contributed by atoms with Gasteiger partial charge < -0.3 is 19.4 Å². The maximum atomic E-state index is 12.9. The quantitative estimate of drug-likeness (QED) is 0.719. The Kier molecular flexibility index (Phi) is 4.00. The predicted molar refractivity (Wildman–Crippen MR) is 98.9 cm³/mol. The molecule has 2 aliphatic heterocycles. The summed E-state index contributed by atoms with van der Waals surface area (Å²) in [5.41, 5.74) is 1.59. The van der Waals surface area contributed by atoms with Crippen LogP contribution in [0.5, 0.6) is 0 Å². The van der Waals surface area contributed by atoms with Gasteiger partial charge in [0.1, 0.15) is 11.1 Å². The van der Waals surface area contributed by atoms with Crippen molar-refractivity contribution in [1.82, 2.24) is 14.3 Å². The summed E-state index contributed by atoms with van der Waals surface area (Å²) in [6, 6.07) is 10.4. The number of benzene rings is 1. The highest BCUT2D eigenvalue weighted by atomic mass is 32.1. The minimum atomic E-state index is -0.254. The first-order valence-electron chi connectivity index (χ1n) is 8.84. The third-order valence-electron chi connectivity index (χ3n) is 5.07. The molecular formula is C19H19N3O3S. The summed E-state index contributed by atoms with van der Waals surface area (Å²) in [5, 5.41) is 5.41. The molecular weight excluding hydrogens is 350 g/mol. The summed E-state index contributed by atoms with van der Waals surface area (Å²) >= 11 is 1.40. The number of esters is 1. The van der Waals surface area contributed by atoms with E-state index in [1.807, 2.05) is 41.1 Å². The number of rotatable bonds is 3. The van der Waals surface area contributed by atoms with Gasteiger partial charge in [0, 0.05) is 42.7 Å². The van der Waals surface area contributed by atoms with E-state index in [1.165, 1.54) is 11.5 Å². The molecule has 5 rings (SSSR count). The van der Waals surface area contributed by atoms with Gasteiger partial charge in [-0.2, -0.15) is 4.37 Å². The zero-order valence-corrected chi connectivity index (χ0v) is 14.9. The first-order chi connectivity index (χ1) is 12.8.